The summed E-state index contributed by atoms with van der Waals surface area (Å²) in [6.45, 7) is 1.88. The van der Waals surface area contributed by atoms with E-state index in [0.29, 0.717) is 5.82 Å². The first kappa shape index (κ1) is 10.1. The molecule has 0 radical (unpaired) electrons. The molecule has 0 aliphatic heterocycles. The Bertz CT molecular complexity index is 552. The molecular formula is C12H10N4. The summed E-state index contributed by atoms with van der Waals surface area (Å²) in [7, 11) is 0. The van der Waals surface area contributed by atoms with E-state index in [-0.39, 0.29) is 0 Å². The molecule has 0 atom stereocenters. The highest BCUT2D eigenvalue weighted by atomic mass is 14.8. The number of nitrogens with zero attached hydrogens (tertiary/aromatic N) is 3. The van der Waals surface area contributed by atoms with E-state index in [1.807, 2.05) is 13.0 Å². The Labute approximate surface area is 93.6 Å². The van der Waals surface area contributed by atoms with Crippen LogP contribution in [0.2, 0.25) is 0 Å². The highest BCUT2D eigenvalue weighted by Gasteiger charge is 1.95. The molecule has 2 aromatic rings. The van der Waals surface area contributed by atoms with Gasteiger partial charge in [-0.25, -0.2) is 15.0 Å². The van der Waals surface area contributed by atoms with E-state index < -0.39 is 0 Å². The third kappa shape index (κ3) is 2.34. The number of aromatic nitrogens is 3. The van der Waals surface area contributed by atoms with Crippen LogP contribution in [0.4, 0.5) is 5.82 Å². The van der Waals surface area contributed by atoms with Gasteiger partial charge in [-0.15, -0.1) is 0 Å². The molecule has 2 rings (SSSR count). The summed E-state index contributed by atoms with van der Waals surface area (Å²) < 4.78 is 0. The van der Waals surface area contributed by atoms with Crippen molar-refractivity contribution >= 4 is 5.82 Å². The fourth-order valence-corrected chi connectivity index (χ4v) is 1.22. The molecule has 0 bridgehead atoms. The minimum atomic E-state index is 0.506. The molecule has 0 unspecified atom stereocenters. The van der Waals surface area contributed by atoms with E-state index in [1.165, 1.54) is 6.33 Å². The lowest BCUT2D eigenvalue weighted by atomic mass is 10.2. The number of nitrogens with two attached hydrogens (primary N) is 1. The second-order valence-electron chi connectivity index (χ2n) is 3.25. The van der Waals surface area contributed by atoms with Crippen LogP contribution in [0.5, 0.6) is 0 Å². The van der Waals surface area contributed by atoms with E-state index in [4.69, 9.17) is 5.73 Å². The van der Waals surface area contributed by atoms with Crippen molar-refractivity contribution in [1.82, 2.24) is 15.0 Å². The number of aryl methyl sites for hydroxylation is 1. The van der Waals surface area contributed by atoms with Crippen LogP contribution < -0.4 is 5.73 Å². The first-order valence-electron chi connectivity index (χ1n) is 4.76. The molecule has 4 nitrogen and oxygen atoms in total. The average Bonchev–Trinajstić information content (AvgIpc) is 2.29. The van der Waals surface area contributed by atoms with Gasteiger partial charge in [0.05, 0.1) is 11.3 Å². The quantitative estimate of drug-likeness (QED) is 0.663. The highest BCUT2D eigenvalue weighted by molar-refractivity contribution is 5.46. The highest BCUT2D eigenvalue weighted by Crippen LogP contribution is 2.06. The predicted octanol–water partition coefficient (Wildman–Crippen LogP) is 1.16. The van der Waals surface area contributed by atoms with Gasteiger partial charge in [-0.2, -0.15) is 0 Å². The van der Waals surface area contributed by atoms with Crippen LogP contribution in [0.3, 0.4) is 0 Å². The maximum absolute atomic E-state index is 5.56. The topological polar surface area (TPSA) is 64.7 Å². The summed E-state index contributed by atoms with van der Waals surface area (Å²) in [5.74, 6) is 6.48. The van der Waals surface area contributed by atoms with E-state index in [1.54, 1.807) is 18.5 Å². The Morgan fingerprint density at radius 2 is 1.88 bits per heavy atom. The van der Waals surface area contributed by atoms with Crippen molar-refractivity contribution in [3.05, 3.63) is 47.7 Å². The number of pyridine rings is 1. The van der Waals surface area contributed by atoms with Crippen molar-refractivity contribution in [1.29, 1.82) is 0 Å². The van der Waals surface area contributed by atoms with Crippen LogP contribution in [-0.4, -0.2) is 15.0 Å². The smallest absolute Gasteiger partial charge is 0.123 e. The van der Waals surface area contributed by atoms with E-state index in [0.717, 1.165) is 16.8 Å². The molecule has 0 aliphatic carbocycles. The first-order valence-corrected chi connectivity index (χ1v) is 4.76. The third-order valence-corrected chi connectivity index (χ3v) is 2.01. The standard InChI is InChI=1S/C12H10N4/c1-9-11(4-5-12(13)16-9)3-2-10-6-14-8-15-7-10/h4-8H,1H3,(H2,13,16). The summed E-state index contributed by atoms with van der Waals surface area (Å²) >= 11 is 0. The van der Waals surface area contributed by atoms with Crippen LogP contribution in [0.1, 0.15) is 16.8 Å². The zero-order valence-electron chi connectivity index (χ0n) is 8.81. The van der Waals surface area contributed by atoms with Crippen LogP contribution in [0, 0.1) is 18.8 Å². The molecule has 78 valence electrons. The fourth-order valence-electron chi connectivity index (χ4n) is 1.22. The lowest BCUT2D eigenvalue weighted by Gasteiger charge is -1.97. The number of anilines is 1. The maximum Gasteiger partial charge on any atom is 0.123 e. The lowest BCUT2D eigenvalue weighted by molar-refractivity contribution is 1.16. The zero-order chi connectivity index (χ0) is 11.4. The van der Waals surface area contributed by atoms with Gasteiger partial charge in [-0.3, -0.25) is 0 Å². The van der Waals surface area contributed by atoms with Gasteiger partial charge in [0.1, 0.15) is 12.1 Å². The van der Waals surface area contributed by atoms with Gasteiger partial charge in [0, 0.05) is 18.0 Å². The molecule has 2 N–H and O–H groups in total. The Hall–Kier alpha value is -2.41. The Morgan fingerprint density at radius 3 is 2.56 bits per heavy atom. The molecule has 4 heteroatoms. The number of hydrogen-bond acceptors (Lipinski definition) is 4. The fraction of sp³-hybridized carbons (Fsp3) is 0.0833. The molecule has 0 saturated heterocycles. The summed E-state index contributed by atoms with van der Waals surface area (Å²) in [4.78, 5) is 11.9. The number of hydrogen-bond donors (Lipinski definition) is 1. The van der Waals surface area contributed by atoms with Crippen molar-refractivity contribution < 1.29 is 0 Å². The summed E-state index contributed by atoms with van der Waals surface area (Å²) in [6.07, 6.45) is 4.81. The van der Waals surface area contributed by atoms with Crippen LogP contribution in [0.15, 0.2) is 30.9 Å². The minimum absolute atomic E-state index is 0.506. The molecule has 16 heavy (non-hydrogen) atoms. The Balaban J connectivity index is 2.31. The van der Waals surface area contributed by atoms with Crippen molar-refractivity contribution in [2.24, 2.45) is 0 Å². The van der Waals surface area contributed by atoms with Crippen LogP contribution in [0.25, 0.3) is 0 Å². The van der Waals surface area contributed by atoms with Gasteiger partial charge < -0.3 is 5.73 Å². The second-order valence-corrected chi connectivity index (χ2v) is 3.25. The number of rotatable bonds is 0. The molecule has 2 aromatic heterocycles. The second kappa shape index (κ2) is 4.41. The van der Waals surface area contributed by atoms with Crippen molar-refractivity contribution in [2.75, 3.05) is 5.73 Å². The van der Waals surface area contributed by atoms with Gasteiger partial charge in [0.25, 0.3) is 0 Å². The van der Waals surface area contributed by atoms with Gasteiger partial charge in [0.2, 0.25) is 0 Å². The van der Waals surface area contributed by atoms with Gasteiger partial charge in [-0.05, 0) is 19.1 Å². The van der Waals surface area contributed by atoms with Crippen LogP contribution >= 0.6 is 0 Å². The molecule has 0 aliphatic rings. The molecule has 2 heterocycles. The lowest BCUT2D eigenvalue weighted by Crippen LogP contribution is -1.94. The Kier molecular flexibility index (Phi) is 2.79. The molecule has 0 amide bonds. The zero-order valence-corrected chi connectivity index (χ0v) is 8.81. The summed E-state index contributed by atoms with van der Waals surface area (Å²) in [5, 5.41) is 0. The molecule has 0 saturated carbocycles. The normalized spacial score (nSPS) is 9.31. The molecule has 0 fully saturated rings. The van der Waals surface area contributed by atoms with E-state index >= 15 is 0 Å². The van der Waals surface area contributed by atoms with Crippen molar-refractivity contribution in [3.8, 4) is 11.8 Å². The monoisotopic (exact) mass is 210 g/mol. The summed E-state index contributed by atoms with van der Waals surface area (Å²) in [6, 6.07) is 3.59. The minimum Gasteiger partial charge on any atom is -0.384 e. The first-order chi connectivity index (χ1) is 7.75. The van der Waals surface area contributed by atoms with Gasteiger partial charge >= 0.3 is 0 Å². The maximum atomic E-state index is 5.56. The van der Waals surface area contributed by atoms with Crippen molar-refractivity contribution in [3.63, 3.8) is 0 Å². The predicted molar refractivity (Wildman–Crippen MR) is 61.4 cm³/mol. The van der Waals surface area contributed by atoms with Gasteiger partial charge in [0.15, 0.2) is 0 Å². The molecule has 0 aromatic carbocycles. The van der Waals surface area contributed by atoms with Gasteiger partial charge in [-0.1, -0.05) is 11.8 Å². The van der Waals surface area contributed by atoms with Crippen molar-refractivity contribution in [2.45, 2.75) is 6.92 Å². The van der Waals surface area contributed by atoms with E-state index in [9.17, 15) is 0 Å². The summed E-state index contributed by atoms with van der Waals surface area (Å²) in [5.41, 5.74) is 8.01. The number of nitrogen functional groups attached to an aromatic ring is 1. The van der Waals surface area contributed by atoms with E-state index in [2.05, 4.69) is 26.8 Å². The largest absolute Gasteiger partial charge is 0.384 e. The van der Waals surface area contributed by atoms with Crippen LogP contribution in [-0.2, 0) is 0 Å². The molecule has 0 spiro atoms. The third-order valence-electron chi connectivity index (χ3n) is 2.01. The average molecular weight is 210 g/mol. The molecular weight excluding hydrogens is 200 g/mol. The SMILES string of the molecule is Cc1nc(N)ccc1C#Cc1cncnc1. The Morgan fingerprint density at radius 1 is 1.12 bits per heavy atom.